The number of ether oxygens (including phenoxy) is 1. The molecule has 7 nitrogen and oxygen atoms in total. The Labute approximate surface area is 176 Å². The normalized spacial score (nSPS) is 15.4. The minimum absolute atomic E-state index is 0.0215. The Balaban J connectivity index is 1.43. The standard InChI is InChI=1S/C18H21ClN4O3S2/c1-26-15(24)11-27-18-22-21-17(28-18)20-16(25)13-6-8-23(9-7-13)10-12-2-4-14(19)5-3-12/h2-5,13H,6-11H2,1H3,(H,20,21,25). The number of piperidine rings is 1. The van der Waals surface area contributed by atoms with Crippen LogP contribution in [0, 0.1) is 5.92 Å². The van der Waals surface area contributed by atoms with Gasteiger partial charge in [0, 0.05) is 17.5 Å². The van der Waals surface area contributed by atoms with Gasteiger partial charge in [-0.25, -0.2) is 0 Å². The first-order chi connectivity index (χ1) is 13.5. The molecule has 0 aliphatic carbocycles. The largest absolute Gasteiger partial charge is 0.468 e. The Morgan fingerprint density at radius 1 is 1.29 bits per heavy atom. The minimum atomic E-state index is -0.323. The van der Waals surface area contributed by atoms with Crippen molar-refractivity contribution in [2.75, 3.05) is 31.3 Å². The molecule has 0 bridgehead atoms. The van der Waals surface area contributed by atoms with Crippen molar-refractivity contribution in [3.8, 4) is 0 Å². The Hall–Kier alpha value is -1.68. The van der Waals surface area contributed by atoms with Crippen LogP contribution in [0.3, 0.4) is 0 Å². The number of esters is 1. The molecule has 1 aliphatic rings. The van der Waals surface area contributed by atoms with Crippen molar-refractivity contribution in [2.45, 2.75) is 23.7 Å². The molecule has 1 N–H and O–H groups in total. The predicted octanol–water partition coefficient (Wildman–Crippen LogP) is 3.31. The van der Waals surface area contributed by atoms with Crippen LogP contribution in [0.2, 0.25) is 5.02 Å². The SMILES string of the molecule is COC(=O)CSc1nnc(NC(=O)C2CCN(Cc3ccc(Cl)cc3)CC2)s1. The van der Waals surface area contributed by atoms with Crippen LogP contribution >= 0.6 is 34.7 Å². The van der Waals surface area contributed by atoms with E-state index in [1.54, 1.807) is 0 Å². The van der Waals surface area contributed by atoms with Gasteiger partial charge in [-0.1, -0.05) is 46.8 Å². The molecule has 0 unspecified atom stereocenters. The zero-order valence-electron chi connectivity index (χ0n) is 15.4. The summed E-state index contributed by atoms with van der Waals surface area (Å²) >= 11 is 8.43. The Morgan fingerprint density at radius 2 is 2.00 bits per heavy atom. The molecule has 1 aromatic heterocycles. The summed E-state index contributed by atoms with van der Waals surface area (Å²) in [6.07, 6.45) is 1.62. The van der Waals surface area contributed by atoms with Crippen molar-refractivity contribution in [2.24, 2.45) is 5.92 Å². The summed E-state index contributed by atoms with van der Waals surface area (Å²) < 4.78 is 5.21. The van der Waals surface area contributed by atoms with Crippen LogP contribution in [0.5, 0.6) is 0 Å². The molecule has 0 saturated carbocycles. The highest BCUT2D eigenvalue weighted by Crippen LogP contribution is 2.27. The maximum Gasteiger partial charge on any atom is 0.316 e. The average molecular weight is 441 g/mol. The van der Waals surface area contributed by atoms with E-state index in [1.165, 1.54) is 35.8 Å². The third kappa shape index (κ3) is 6.16. The number of halogens is 1. The molecule has 2 heterocycles. The number of hydrogen-bond acceptors (Lipinski definition) is 8. The van der Waals surface area contributed by atoms with Crippen molar-refractivity contribution < 1.29 is 14.3 Å². The maximum atomic E-state index is 12.5. The topological polar surface area (TPSA) is 84.4 Å². The van der Waals surface area contributed by atoms with Crippen molar-refractivity contribution in [3.63, 3.8) is 0 Å². The van der Waals surface area contributed by atoms with Gasteiger partial charge in [-0.05, 0) is 43.6 Å². The van der Waals surface area contributed by atoms with Gasteiger partial charge >= 0.3 is 5.97 Å². The summed E-state index contributed by atoms with van der Waals surface area (Å²) in [5.41, 5.74) is 1.22. The number of methoxy groups -OCH3 is 1. The summed E-state index contributed by atoms with van der Waals surface area (Å²) in [4.78, 5) is 26.0. The summed E-state index contributed by atoms with van der Waals surface area (Å²) in [5.74, 6) is -0.204. The Kier molecular flexibility index (Phi) is 7.66. The molecule has 0 spiro atoms. The molecule has 28 heavy (non-hydrogen) atoms. The first-order valence-electron chi connectivity index (χ1n) is 8.84. The molecule has 0 atom stereocenters. The highest BCUT2D eigenvalue weighted by atomic mass is 35.5. The molecule has 1 amide bonds. The van der Waals surface area contributed by atoms with Crippen LogP contribution in [0.4, 0.5) is 5.13 Å². The number of hydrogen-bond donors (Lipinski definition) is 1. The van der Waals surface area contributed by atoms with Gasteiger partial charge in [0.05, 0.1) is 12.9 Å². The number of nitrogens with zero attached hydrogens (tertiary/aromatic N) is 3. The Bertz CT molecular complexity index is 807. The molecular weight excluding hydrogens is 420 g/mol. The fourth-order valence-corrected chi connectivity index (χ4v) is 4.62. The maximum absolute atomic E-state index is 12.5. The predicted molar refractivity (Wildman–Crippen MR) is 111 cm³/mol. The minimum Gasteiger partial charge on any atom is -0.468 e. The lowest BCUT2D eigenvalue weighted by Crippen LogP contribution is -2.37. The van der Waals surface area contributed by atoms with Crippen LogP contribution in [0.1, 0.15) is 18.4 Å². The molecule has 2 aromatic rings. The summed E-state index contributed by atoms with van der Waals surface area (Å²) in [5, 5.41) is 12.0. The molecule has 1 fully saturated rings. The number of likely N-dealkylation sites (tertiary alicyclic amines) is 1. The lowest BCUT2D eigenvalue weighted by Gasteiger charge is -2.31. The van der Waals surface area contributed by atoms with Gasteiger partial charge in [0.15, 0.2) is 4.34 Å². The quantitative estimate of drug-likeness (QED) is 0.401. The highest BCUT2D eigenvalue weighted by Gasteiger charge is 2.25. The number of amides is 1. The van der Waals surface area contributed by atoms with E-state index in [0.717, 1.165) is 37.5 Å². The highest BCUT2D eigenvalue weighted by molar-refractivity contribution is 8.01. The number of benzene rings is 1. The molecule has 0 radical (unpaired) electrons. The molecule has 1 aliphatic heterocycles. The monoisotopic (exact) mass is 440 g/mol. The van der Waals surface area contributed by atoms with Gasteiger partial charge in [0.2, 0.25) is 11.0 Å². The zero-order valence-corrected chi connectivity index (χ0v) is 17.8. The molecule has 150 valence electrons. The first kappa shape index (κ1) is 21.0. The zero-order chi connectivity index (χ0) is 19.9. The van der Waals surface area contributed by atoms with Crippen molar-refractivity contribution in [1.82, 2.24) is 15.1 Å². The van der Waals surface area contributed by atoms with E-state index in [9.17, 15) is 9.59 Å². The third-order valence-electron chi connectivity index (χ3n) is 4.46. The van der Waals surface area contributed by atoms with Crippen LogP contribution in [0.25, 0.3) is 0 Å². The smallest absolute Gasteiger partial charge is 0.316 e. The Morgan fingerprint density at radius 3 is 2.68 bits per heavy atom. The van der Waals surface area contributed by atoms with Gasteiger partial charge in [0.25, 0.3) is 0 Å². The summed E-state index contributed by atoms with van der Waals surface area (Å²) in [7, 11) is 1.34. The fraction of sp³-hybridized carbons (Fsp3) is 0.444. The van der Waals surface area contributed by atoms with Crippen molar-refractivity contribution in [1.29, 1.82) is 0 Å². The lowest BCUT2D eigenvalue weighted by molar-refractivity contribution is -0.137. The molecular formula is C18H21ClN4O3S2. The molecule has 1 saturated heterocycles. The van der Waals surface area contributed by atoms with E-state index in [2.05, 4.69) is 25.2 Å². The second-order valence-corrected chi connectivity index (χ2v) is 9.04. The number of carbonyl (C=O) groups excluding carboxylic acids is 2. The van der Waals surface area contributed by atoms with E-state index in [4.69, 9.17) is 11.6 Å². The van der Waals surface area contributed by atoms with E-state index in [1.807, 2.05) is 24.3 Å². The number of anilines is 1. The number of thioether (sulfide) groups is 1. The molecule has 1 aromatic carbocycles. The van der Waals surface area contributed by atoms with E-state index < -0.39 is 0 Å². The van der Waals surface area contributed by atoms with Gasteiger partial charge in [-0.15, -0.1) is 10.2 Å². The third-order valence-corrected chi connectivity index (χ3v) is 6.65. The second-order valence-electron chi connectivity index (χ2n) is 6.40. The second kappa shape index (κ2) is 10.2. The molecule has 10 heteroatoms. The fourth-order valence-electron chi connectivity index (χ4n) is 2.91. The van der Waals surface area contributed by atoms with Crippen molar-refractivity contribution in [3.05, 3.63) is 34.9 Å². The van der Waals surface area contributed by atoms with Gasteiger partial charge in [0.1, 0.15) is 0 Å². The van der Waals surface area contributed by atoms with Crippen LogP contribution in [-0.4, -0.2) is 52.9 Å². The van der Waals surface area contributed by atoms with Crippen molar-refractivity contribution >= 4 is 51.7 Å². The number of aromatic nitrogens is 2. The number of carbonyl (C=O) groups is 2. The van der Waals surface area contributed by atoms with Gasteiger partial charge in [-0.3, -0.25) is 14.5 Å². The van der Waals surface area contributed by atoms with Crippen LogP contribution < -0.4 is 5.32 Å². The number of rotatable bonds is 7. The van der Waals surface area contributed by atoms with E-state index >= 15 is 0 Å². The van der Waals surface area contributed by atoms with Gasteiger partial charge in [-0.2, -0.15) is 0 Å². The first-order valence-corrected chi connectivity index (χ1v) is 11.0. The summed E-state index contributed by atoms with van der Waals surface area (Å²) in [6.45, 7) is 2.61. The van der Waals surface area contributed by atoms with E-state index in [0.29, 0.717) is 9.47 Å². The average Bonchev–Trinajstić information content (AvgIpc) is 3.15. The lowest BCUT2D eigenvalue weighted by atomic mass is 9.95. The van der Waals surface area contributed by atoms with E-state index in [-0.39, 0.29) is 23.5 Å². The van der Waals surface area contributed by atoms with Crippen LogP contribution in [0.15, 0.2) is 28.6 Å². The number of nitrogens with one attached hydrogen (secondary N) is 1. The summed E-state index contributed by atoms with van der Waals surface area (Å²) in [6, 6.07) is 7.87. The van der Waals surface area contributed by atoms with Crippen LogP contribution in [-0.2, 0) is 20.9 Å². The van der Waals surface area contributed by atoms with Gasteiger partial charge < -0.3 is 10.1 Å². The molecule has 3 rings (SSSR count).